The average molecular weight is 530 g/mol. The quantitative estimate of drug-likeness (QED) is 0.347. The van der Waals surface area contributed by atoms with E-state index >= 15 is 0 Å². The normalized spacial score (nSPS) is 17.2. The number of hydrogen-bond donors (Lipinski definition) is 0. The minimum Gasteiger partial charge on any atom is -0.372 e. The van der Waals surface area contributed by atoms with Gasteiger partial charge in [-0.25, -0.2) is 8.42 Å². The predicted octanol–water partition coefficient (Wildman–Crippen LogP) is 6.23. The number of rotatable bonds is 8. The van der Waals surface area contributed by atoms with Gasteiger partial charge in [-0.2, -0.15) is 0 Å². The van der Waals surface area contributed by atoms with Gasteiger partial charge in [0.05, 0.1) is 17.5 Å². The van der Waals surface area contributed by atoms with E-state index in [0.29, 0.717) is 10.0 Å². The van der Waals surface area contributed by atoms with Crippen LogP contribution in [0, 0.1) is 5.92 Å². The smallest absolute Gasteiger partial charge is 0.154 e. The van der Waals surface area contributed by atoms with E-state index in [1.165, 1.54) is 12.8 Å². The first-order valence-electron chi connectivity index (χ1n) is 12.2. The van der Waals surface area contributed by atoms with Crippen molar-refractivity contribution in [3.05, 3.63) is 99.5 Å². The van der Waals surface area contributed by atoms with Gasteiger partial charge in [0.25, 0.3) is 0 Å². The van der Waals surface area contributed by atoms with Gasteiger partial charge in [0.15, 0.2) is 9.84 Å². The lowest BCUT2D eigenvalue weighted by molar-refractivity contribution is 0.0812. The van der Waals surface area contributed by atoms with Gasteiger partial charge in [-0.05, 0) is 71.8 Å². The van der Waals surface area contributed by atoms with Crippen LogP contribution >= 0.6 is 23.2 Å². The zero-order chi connectivity index (χ0) is 24.4. The molecule has 2 saturated heterocycles. The summed E-state index contributed by atoms with van der Waals surface area (Å²) in [6.07, 6.45) is 2.40. The molecule has 4 nitrogen and oxygen atoms in total. The molecular weight excluding hydrogens is 499 g/mol. The molecule has 0 aliphatic carbocycles. The molecule has 5 rings (SSSR count). The Morgan fingerprint density at radius 3 is 1.97 bits per heavy atom. The van der Waals surface area contributed by atoms with E-state index in [0.717, 1.165) is 48.6 Å². The highest BCUT2D eigenvalue weighted by atomic mass is 35.5. The summed E-state index contributed by atoms with van der Waals surface area (Å²) in [5, 5.41) is 1.40. The topological polar surface area (TPSA) is 40.6 Å². The van der Waals surface area contributed by atoms with Crippen LogP contribution in [0.15, 0.2) is 72.8 Å². The molecule has 2 heterocycles. The molecule has 0 amide bonds. The van der Waals surface area contributed by atoms with Crippen LogP contribution in [-0.4, -0.2) is 45.2 Å². The zero-order valence-electron chi connectivity index (χ0n) is 19.6. The summed E-state index contributed by atoms with van der Waals surface area (Å²) in [6.45, 7) is 3.58. The van der Waals surface area contributed by atoms with Crippen molar-refractivity contribution < 1.29 is 8.42 Å². The lowest BCUT2D eigenvalue weighted by Gasteiger charge is -2.44. The summed E-state index contributed by atoms with van der Waals surface area (Å²) in [5.74, 6) is 0.442. The minimum atomic E-state index is -3.20. The second kappa shape index (κ2) is 10.5. The molecule has 0 atom stereocenters. The maximum Gasteiger partial charge on any atom is 0.154 e. The third-order valence-corrected chi connectivity index (χ3v) is 9.24. The molecule has 0 bridgehead atoms. The number of halogens is 2. The molecule has 0 unspecified atom stereocenters. The highest BCUT2D eigenvalue weighted by Crippen LogP contribution is 2.36. The molecule has 3 aromatic rings. The summed E-state index contributed by atoms with van der Waals surface area (Å²) in [5.41, 5.74) is 4.29. The Hall–Kier alpha value is -2.05. The first kappa shape index (κ1) is 24.6. The highest BCUT2D eigenvalue weighted by Gasteiger charge is 2.36. The summed E-state index contributed by atoms with van der Waals surface area (Å²) >= 11 is 12.2. The van der Waals surface area contributed by atoms with Gasteiger partial charge in [0.2, 0.25) is 0 Å². The van der Waals surface area contributed by atoms with Crippen LogP contribution in [0.4, 0.5) is 5.69 Å². The van der Waals surface area contributed by atoms with Crippen molar-refractivity contribution >= 4 is 38.7 Å². The van der Waals surface area contributed by atoms with Crippen molar-refractivity contribution in [3.63, 3.8) is 0 Å². The van der Waals surface area contributed by atoms with E-state index in [9.17, 15) is 8.42 Å². The summed E-state index contributed by atoms with van der Waals surface area (Å²) in [6, 6.07) is 23.8. The van der Waals surface area contributed by atoms with E-state index in [1.807, 2.05) is 66.7 Å². The van der Waals surface area contributed by atoms with Crippen molar-refractivity contribution in [3.8, 4) is 0 Å². The van der Waals surface area contributed by atoms with Crippen LogP contribution in [0.5, 0.6) is 0 Å². The Morgan fingerprint density at radius 2 is 1.40 bits per heavy atom. The van der Waals surface area contributed by atoms with Crippen LogP contribution in [-0.2, 0) is 15.6 Å². The molecule has 0 radical (unpaired) electrons. The fourth-order valence-corrected chi connectivity index (χ4v) is 7.31. The van der Waals surface area contributed by atoms with Gasteiger partial charge in [-0.3, -0.25) is 4.90 Å². The molecular formula is C28H30Cl2N2O2S. The standard InChI is InChI=1S/C28H30Cl2N2O2S/c29-25-10-6-23(7-11-25)28(24-8-12-26(30)13-9-24)32-17-22(18-32)20-35(33,34)19-21-4-3-5-27(16-21)31-14-1-2-15-31/h3-13,16,22,28H,1-2,14-15,17-20H2. The second-order valence-corrected chi connectivity index (χ2v) is 12.7. The molecule has 7 heteroatoms. The van der Waals surface area contributed by atoms with E-state index in [4.69, 9.17) is 23.2 Å². The molecule has 2 aliphatic rings. The number of benzene rings is 3. The maximum absolute atomic E-state index is 13.1. The minimum absolute atomic E-state index is 0.0423. The van der Waals surface area contributed by atoms with Crippen molar-refractivity contribution in [2.24, 2.45) is 5.92 Å². The first-order chi connectivity index (χ1) is 16.9. The number of likely N-dealkylation sites (tertiary alicyclic amines) is 1. The van der Waals surface area contributed by atoms with Gasteiger partial charge in [-0.1, -0.05) is 59.6 Å². The lowest BCUT2D eigenvalue weighted by Crippen LogP contribution is -2.51. The Balaban J connectivity index is 1.25. The van der Waals surface area contributed by atoms with Crippen LogP contribution in [0.3, 0.4) is 0 Å². The molecule has 184 valence electrons. The summed E-state index contributed by atoms with van der Waals surface area (Å²) < 4.78 is 26.1. The maximum atomic E-state index is 13.1. The first-order valence-corrected chi connectivity index (χ1v) is 14.7. The zero-order valence-corrected chi connectivity index (χ0v) is 21.9. The monoisotopic (exact) mass is 528 g/mol. The molecule has 3 aromatic carbocycles. The van der Waals surface area contributed by atoms with E-state index in [1.54, 1.807) is 0 Å². The van der Waals surface area contributed by atoms with Crippen molar-refractivity contribution in [1.29, 1.82) is 0 Å². The lowest BCUT2D eigenvalue weighted by atomic mass is 9.91. The van der Waals surface area contributed by atoms with E-state index < -0.39 is 9.84 Å². The van der Waals surface area contributed by atoms with Gasteiger partial charge >= 0.3 is 0 Å². The Labute approximate surface area is 218 Å². The van der Waals surface area contributed by atoms with Crippen molar-refractivity contribution in [2.75, 3.05) is 36.8 Å². The van der Waals surface area contributed by atoms with Crippen molar-refractivity contribution in [1.82, 2.24) is 4.90 Å². The average Bonchev–Trinajstić information content (AvgIpc) is 3.35. The van der Waals surface area contributed by atoms with Gasteiger partial charge < -0.3 is 4.90 Å². The van der Waals surface area contributed by atoms with Gasteiger partial charge in [0.1, 0.15) is 0 Å². The van der Waals surface area contributed by atoms with Crippen LogP contribution in [0.2, 0.25) is 10.0 Å². The van der Waals surface area contributed by atoms with E-state index in [2.05, 4.69) is 15.9 Å². The largest absolute Gasteiger partial charge is 0.372 e. The van der Waals surface area contributed by atoms with Gasteiger partial charge in [0, 0.05) is 41.9 Å². The van der Waals surface area contributed by atoms with Crippen molar-refractivity contribution in [2.45, 2.75) is 24.6 Å². The number of nitrogens with zero attached hydrogens (tertiary/aromatic N) is 2. The number of sulfone groups is 1. The predicted molar refractivity (Wildman–Crippen MR) is 145 cm³/mol. The fourth-order valence-electron chi connectivity index (χ4n) is 5.32. The van der Waals surface area contributed by atoms with Crippen LogP contribution in [0.1, 0.15) is 35.6 Å². The fraction of sp³-hybridized carbons (Fsp3) is 0.357. The van der Waals surface area contributed by atoms with Crippen LogP contribution in [0.25, 0.3) is 0 Å². The third-order valence-electron chi connectivity index (χ3n) is 6.98. The van der Waals surface area contributed by atoms with Gasteiger partial charge in [-0.15, -0.1) is 0 Å². The second-order valence-electron chi connectivity index (χ2n) is 9.74. The molecule has 2 aliphatic heterocycles. The Morgan fingerprint density at radius 1 is 0.829 bits per heavy atom. The third kappa shape index (κ3) is 6.03. The summed E-state index contributed by atoms with van der Waals surface area (Å²) in [7, 11) is -3.20. The molecule has 0 spiro atoms. The molecule has 0 aromatic heterocycles. The Bertz CT molecular complexity index is 1210. The molecule has 35 heavy (non-hydrogen) atoms. The molecule has 0 saturated carbocycles. The Kier molecular flexibility index (Phi) is 7.40. The van der Waals surface area contributed by atoms with Crippen LogP contribution < -0.4 is 4.90 Å². The number of anilines is 1. The highest BCUT2D eigenvalue weighted by molar-refractivity contribution is 7.90. The number of hydrogen-bond acceptors (Lipinski definition) is 4. The van der Waals surface area contributed by atoms with E-state index in [-0.39, 0.29) is 23.5 Å². The summed E-state index contributed by atoms with van der Waals surface area (Å²) in [4.78, 5) is 4.67. The molecule has 2 fully saturated rings. The SMILES string of the molecule is O=S(=O)(Cc1cccc(N2CCCC2)c1)CC1CN(C(c2ccc(Cl)cc2)c2ccc(Cl)cc2)C1. The molecule has 0 N–H and O–H groups in total.